The summed E-state index contributed by atoms with van der Waals surface area (Å²) in [6, 6.07) is 4.98. The summed E-state index contributed by atoms with van der Waals surface area (Å²) in [5.74, 6) is -2.15. The second kappa shape index (κ2) is 11.3. The lowest BCUT2D eigenvalue weighted by Crippen LogP contribution is -2.57. The van der Waals surface area contributed by atoms with Crippen molar-refractivity contribution in [3.05, 3.63) is 54.6 Å². The van der Waals surface area contributed by atoms with Crippen molar-refractivity contribution in [2.45, 2.75) is 70.6 Å². The number of aliphatic hydroxyl groups excluding tert-OH is 1. The minimum absolute atomic E-state index is 0.00303. The van der Waals surface area contributed by atoms with Crippen LogP contribution in [0.2, 0.25) is 0 Å². The molecule has 3 heterocycles. The van der Waals surface area contributed by atoms with Crippen molar-refractivity contribution >= 4 is 23.4 Å². The average molecular weight is 538 g/mol. The molecule has 212 valence electrons. The third-order valence-electron chi connectivity index (χ3n) is 8.91. The number of likely N-dealkylation sites (tertiary alicyclic amines) is 1. The molecule has 1 aromatic carbocycles. The van der Waals surface area contributed by atoms with E-state index in [0.29, 0.717) is 32.4 Å². The van der Waals surface area contributed by atoms with E-state index < -0.39 is 29.1 Å². The van der Waals surface area contributed by atoms with Crippen LogP contribution in [0.4, 0.5) is 5.69 Å². The van der Waals surface area contributed by atoms with Gasteiger partial charge in [0.1, 0.15) is 11.6 Å². The Labute approximate surface area is 232 Å². The number of nitrogens with zero attached hydrogens (tertiary/aromatic N) is 3. The van der Waals surface area contributed by atoms with E-state index in [1.807, 2.05) is 45.9 Å². The molecule has 0 aliphatic carbocycles. The number of carbonyl (C=O) groups is 3. The van der Waals surface area contributed by atoms with Gasteiger partial charge in [-0.3, -0.25) is 14.4 Å². The number of fused-ring (bicyclic) bond motifs is 1. The zero-order valence-electron chi connectivity index (χ0n) is 23.8. The van der Waals surface area contributed by atoms with Gasteiger partial charge in [-0.2, -0.15) is 0 Å². The Balaban J connectivity index is 1.83. The first kappa shape index (κ1) is 29.0. The number of ether oxygens (including phenoxy) is 1. The fraction of sp³-hybridized carbons (Fsp3) is 0.581. The third kappa shape index (κ3) is 4.51. The maximum absolute atomic E-state index is 14.6. The molecule has 5 atom stereocenters. The normalized spacial score (nSPS) is 28.9. The Morgan fingerprint density at radius 2 is 1.87 bits per heavy atom. The fourth-order valence-corrected chi connectivity index (χ4v) is 7.23. The molecule has 2 bridgehead atoms. The largest absolute Gasteiger partial charge is 0.395 e. The first-order valence-corrected chi connectivity index (χ1v) is 14.2. The van der Waals surface area contributed by atoms with Gasteiger partial charge in [0.05, 0.1) is 24.0 Å². The van der Waals surface area contributed by atoms with Gasteiger partial charge in [-0.15, -0.1) is 13.2 Å². The van der Waals surface area contributed by atoms with Crippen LogP contribution >= 0.6 is 0 Å². The monoisotopic (exact) mass is 537 g/mol. The van der Waals surface area contributed by atoms with Gasteiger partial charge in [0.2, 0.25) is 11.8 Å². The second-order valence-corrected chi connectivity index (χ2v) is 11.2. The molecule has 1 spiro atoms. The zero-order chi connectivity index (χ0) is 28.5. The van der Waals surface area contributed by atoms with Crippen molar-refractivity contribution in [1.29, 1.82) is 0 Å². The minimum Gasteiger partial charge on any atom is -0.395 e. The number of β-amino-alcohol motifs (C(OH)–C–C–N with tert-alkyl or cyclic N) is 1. The van der Waals surface area contributed by atoms with Crippen LogP contribution in [0.25, 0.3) is 0 Å². The standard InChI is InChI=1S/C31H43N3O5/c1-7-15-32(16-8-2)27(36)24-25-28(37)34(18-19-35)26(31(25)14-13-30(24,10-4)39-31)29(38)33(17-9-3)23-20-21(5)11-12-22(23)6/h7,9,11-12,20,24-26,35H,1,3,8,10,13-19H2,2,4-6H3/t24-,25-,26?,30+,31?/m0/s1. The van der Waals surface area contributed by atoms with E-state index in [-0.39, 0.29) is 37.4 Å². The van der Waals surface area contributed by atoms with Crippen LogP contribution in [0.1, 0.15) is 50.7 Å². The van der Waals surface area contributed by atoms with Gasteiger partial charge in [0.25, 0.3) is 5.91 Å². The first-order chi connectivity index (χ1) is 18.7. The van der Waals surface area contributed by atoms with Gasteiger partial charge in [-0.05, 0) is 56.7 Å². The van der Waals surface area contributed by atoms with Crippen LogP contribution in [0, 0.1) is 25.7 Å². The number of hydrogen-bond donors (Lipinski definition) is 1. The van der Waals surface area contributed by atoms with Gasteiger partial charge >= 0.3 is 0 Å². The van der Waals surface area contributed by atoms with E-state index >= 15 is 0 Å². The van der Waals surface area contributed by atoms with E-state index in [2.05, 4.69) is 13.2 Å². The average Bonchev–Trinajstić information content (AvgIpc) is 3.52. The Hall–Kier alpha value is -2.97. The molecule has 3 aliphatic rings. The molecule has 0 radical (unpaired) electrons. The summed E-state index contributed by atoms with van der Waals surface area (Å²) in [7, 11) is 0. The van der Waals surface area contributed by atoms with E-state index in [4.69, 9.17) is 4.74 Å². The number of aryl methyl sites for hydroxylation is 2. The van der Waals surface area contributed by atoms with Crippen LogP contribution < -0.4 is 4.90 Å². The van der Waals surface area contributed by atoms with E-state index in [0.717, 1.165) is 23.2 Å². The van der Waals surface area contributed by atoms with Crippen LogP contribution in [0.5, 0.6) is 0 Å². The molecular formula is C31H43N3O5. The number of rotatable bonds is 12. The smallest absolute Gasteiger partial charge is 0.253 e. The lowest BCUT2D eigenvalue weighted by Gasteiger charge is -2.37. The first-order valence-electron chi connectivity index (χ1n) is 14.2. The number of aliphatic hydroxyl groups is 1. The molecule has 3 saturated heterocycles. The molecule has 3 fully saturated rings. The molecular weight excluding hydrogens is 494 g/mol. The predicted molar refractivity (Wildman–Crippen MR) is 151 cm³/mol. The molecule has 4 rings (SSSR count). The SMILES string of the molecule is C=CCN(CCC)C(=O)[C@@H]1[C@H]2C(=O)N(CCO)C(C(=O)N(CC=C)c3cc(C)ccc3C)C23CC[C@@]1(CC)O3. The van der Waals surface area contributed by atoms with Crippen molar-refractivity contribution in [2.24, 2.45) is 11.8 Å². The molecule has 8 heteroatoms. The summed E-state index contributed by atoms with van der Waals surface area (Å²) in [6.45, 7) is 16.5. The highest BCUT2D eigenvalue weighted by atomic mass is 16.5. The van der Waals surface area contributed by atoms with E-state index in [9.17, 15) is 19.5 Å². The topological polar surface area (TPSA) is 90.4 Å². The van der Waals surface area contributed by atoms with Crippen LogP contribution in [0.3, 0.4) is 0 Å². The number of benzene rings is 1. The lowest BCUT2D eigenvalue weighted by molar-refractivity contribution is -0.151. The van der Waals surface area contributed by atoms with Crippen molar-refractivity contribution < 1.29 is 24.2 Å². The molecule has 2 unspecified atom stereocenters. The Kier molecular flexibility index (Phi) is 8.38. The number of hydrogen-bond acceptors (Lipinski definition) is 5. The van der Waals surface area contributed by atoms with Crippen molar-refractivity contribution in [3.8, 4) is 0 Å². The Morgan fingerprint density at radius 1 is 1.15 bits per heavy atom. The molecule has 0 saturated carbocycles. The van der Waals surface area contributed by atoms with Crippen LogP contribution in [0.15, 0.2) is 43.5 Å². The van der Waals surface area contributed by atoms with Crippen molar-refractivity contribution in [2.75, 3.05) is 37.7 Å². The van der Waals surface area contributed by atoms with Crippen molar-refractivity contribution in [1.82, 2.24) is 9.80 Å². The van der Waals surface area contributed by atoms with Gasteiger partial charge in [-0.1, -0.05) is 38.1 Å². The number of carbonyl (C=O) groups excluding carboxylic acids is 3. The summed E-state index contributed by atoms with van der Waals surface area (Å²) in [6.07, 6.45) is 5.82. The quantitative estimate of drug-likeness (QED) is 0.413. The molecule has 3 amide bonds. The minimum atomic E-state index is -1.14. The molecule has 39 heavy (non-hydrogen) atoms. The van der Waals surface area contributed by atoms with Crippen molar-refractivity contribution in [3.63, 3.8) is 0 Å². The maximum atomic E-state index is 14.6. The maximum Gasteiger partial charge on any atom is 0.253 e. The highest BCUT2D eigenvalue weighted by Gasteiger charge is 2.79. The fourth-order valence-electron chi connectivity index (χ4n) is 7.23. The number of anilines is 1. The van der Waals surface area contributed by atoms with Crippen LogP contribution in [-0.4, -0.2) is 82.7 Å². The van der Waals surface area contributed by atoms with Gasteiger partial charge in [0.15, 0.2) is 0 Å². The third-order valence-corrected chi connectivity index (χ3v) is 8.91. The van der Waals surface area contributed by atoms with Gasteiger partial charge in [-0.25, -0.2) is 0 Å². The van der Waals surface area contributed by atoms with E-state index in [1.54, 1.807) is 22.0 Å². The van der Waals surface area contributed by atoms with Gasteiger partial charge in [0, 0.05) is 31.9 Å². The highest BCUT2D eigenvalue weighted by molar-refractivity contribution is 6.05. The molecule has 0 aromatic heterocycles. The number of amides is 3. The predicted octanol–water partition coefficient (Wildman–Crippen LogP) is 3.39. The zero-order valence-corrected chi connectivity index (χ0v) is 23.8. The van der Waals surface area contributed by atoms with Gasteiger partial charge < -0.3 is 24.5 Å². The molecule has 1 N–H and O–H groups in total. The summed E-state index contributed by atoms with van der Waals surface area (Å²) in [5.41, 5.74) is 0.744. The second-order valence-electron chi connectivity index (χ2n) is 11.2. The summed E-state index contributed by atoms with van der Waals surface area (Å²) >= 11 is 0. The Bertz CT molecular complexity index is 1150. The lowest BCUT2D eigenvalue weighted by atomic mass is 9.64. The molecule has 3 aliphatic heterocycles. The summed E-state index contributed by atoms with van der Waals surface area (Å²) in [4.78, 5) is 47.8. The van der Waals surface area contributed by atoms with E-state index in [1.165, 1.54) is 4.90 Å². The van der Waals surface area contributed by atoms with Crippen LogP contribution in [-0.2, 0) is 19.1 Å². The Morgan fingerprint density at radius 3 is 2.49 bits per heavy atom. The summed E-state index contributed by atoms with van der Waals surface area (Å²) in [5, 5.41) is 9.95. The molecule has 1 aromatic rings. The highest BCUT2D eigenvalue weighted by Crippen LogP contribution is 2.64. The molecule has 8 nitrogen and oxygen atoms in total. The summed E-state index contributed by atoms with van der Waals surface area (Å²) < 4.78 is 6.87.